The van der Waals surface area contributed by atoms with Crippen LogP contribution in [0.15, 0.2) is 66.2 Å². The number of hydrogen-bond donors (Lipinski definition) is 1. The first-order valence-corrected chi connectivity index (χ1v) is 13.4. The van der Waals surface area contributed by atoms with Crippen molar-refractivity contribution in [3.63, 3.8) is 0 Å². The van der Waals surface area contributed by atoms with E-state index in [0.29, 0.717) is 18.0 Å². The highest BCUT2D eigenvalue weighted by molar-refractivity contribution is 6.07. The molecular weight excluding hydrogens is 460 g/mol. The Kier molecular flexibility index (Phi) is 7.79. The Balaban J connectivity index is 1.38. The third-order valence-corrected chi connectivity index (χ3v) is 7.25. The summed E-state index contributed by atoms with van der Waals surface area (Å²) in [5.41, 5.74) is 6.70. The van der Waals surface area contributed by atoms with Gasteiger partial charge in [-0.05, 0) is 79.7 Å². The number of carbonyl (C=O) groups excluding carboxylic acids is 2. The highest BCUT2D eigenvalue weighted by atomic mass is 16.5. The number of ether oxygens (including phenoxy) is 1. The first kappa shape index (κ1) is 24.9. The zero-order chi connectivity index (χ0) is 25.6. The molecule has 0 radical (unpaired) electrons. The van der Waals surface area contributed by atoms with Crippen molar-refractivity contribution in [2.45, 2.75) is 51.9 Å². The van der Waals surface area contributed by atoms with E-state index in [2.05, 4.69) is 36.5 Å². The van der Waals surface area contributed by atoms with Gasteiger partial charge in [0, 0.05) is 11.9 Å². The van der Waals surface area contributed by atoms with Crippen LogP contribution in [0, 0.1) is 5.92 Å². The standard InChI is InChI=1S/C32H34N2O3/c1-22-18-25(20-24-12-6-3-7-13-24)31-27(19-22)30(26-14-8-9-15-28(26)34-31)32(36)37-21-29(35)33-17-16-23-10-4-2-5-11-23/h3,6-10,12-15,20,22H,2,4-5,11,16-19,21H2,1H3,(H,33,35). The van der Waals surface area contributed by atoms with Crippen molar-refractivity contribution in [1.82, 2.24) is 10.3 Å². The number of nitrogens with zero attached hydrogens (tertiary/aromatic N) is 1. The number of para-hydroxylation sites is 1. The number of rotatable bonds is 7. The molecule has 0 saturated carbocycles. The summed E-state index contributed by atoms with van der Waals surface area (Å²) in [6.45, 7) is 2.48. The fourth-order valence-electron chi connectivity index (χ4n) is 5.47. The van der Waals surface area contributed by atoms with Gasteiger partial charge in [-0.1, -0.05) is 67.1 Å². The molecule has 1 heterocycles. The number of fused-ring (bicyclic) bond motifs is 2. The summed E-state index contributed by atoms with van der Waals surface area (Å²) in [6, 6.07) is 17.9. The van der Waals surface area contributed by atoms with E-state index in [9.17, 15) is 9.59 Å². The number of aromatic nitrogens is 1. The Morgan fingerprint density at radius 3 is 2.68 bits per heavy atom. The molecule has 5 heteroatoms. The van der Waals surface area contributed by atoms with Crippen LogP contribution in [-0.4, -0.2) is 30.0 Å². The van der Waals surface area contributed by atoms with Gasteiger partial charge >= 0.3 is 5.97 Å². The van der Waals surface area contributed by atoms with Gasteiger partial charge in [0.15, 0.2) is 6.61 Å². The number of esters is 1. The van der Waals surface area contributed by atoms with Crippen LogP contribution in [0.1, 0.15) is 72.6 Å². The number of amides is 1. The molecule has 2 aliphatic rings. The number of pyridine rings is 1. The lowest BCUT2D eigenvalue weighted by molar-refractivity contribution is -0.124. The molecule has 2 aromatic carbocycles. The minimum Gasteiger partial charge on any atom is -0.452 e. The van der Waals surface area contributed by atoms with Gasteiger partial charge in [0.05, 0.1) is 16.8 Å². The van der Waals surface area contributed by atoms with Gasteiger partial charge in [0.1, 0.15) is 0 Å². The van der Waals surface area contributed by atoms with Gasteiger partial charge in [0.2, 0.25) is 0 Å². The van der Waals surface area contributed by atoms with Gasteiger partial charge in [-0.3, -0.25) is 4.79 Å². The van der Waals surface area contributed by atoms with E-state index in [-0.39, 0.29) is 12.5 Å². The molecule has 5 rings (SSSR count). The van der Waals surface area contributed by atoms with Crippen LogP contribution >= 0.6 is 0 Å². The summed E-state index contributed by atoms with van der Waals surface area (Å²) >= 11 is 0. The molecule has 0 aliphatic heterocycles. The minimum atomic E-state index is -0.465. The van der Waals surface area contributed by atoms with E-state index in [1.807, 2.05) is 42.5 Å². The van der Waals surface area contributed by atoms with Crippen molar-refractivity contribution in [1.29, 1.82) is 0 Å². The summed E-state index contributed by atoms with van der Waals surface area (Å²) < 4.78 is 5.58. The van der Waals surface area contributed by atoms with Gasteiger partial charge in [-0.25, -0.2) is 9.78 Å². The van der Waals surface area contributed by atoms with Crippen LogP contribution in [0.3, 0.4) is 0 Å². The van der Waals surface area contributed by atoms with E-state index in [4.69, 9.17) is 9.72 Å². The molecule has 3 aromatic rings. The Morgan fingerprint density at radius 2 is 1.86 bits per heavy atom. The summed E-state index contributed by atoms with van der Waals surface area (Å²) in [7, 11) is 0. The van der Waals surface area contributed by atoms with Crippen molar-refractivity contribution >= 4 is 34.4 Å². The second-order valence-electron chi connectivity index (χ2n) is 10.2. The van der Waals surface area contributed by atoms with Crippen LogP contribution in [0.5, 0.6) is 0 Å². The fraction of sp³-hybridized carbons (Fsp3) is 0.344. The molecule has 190 valence electrons. The molecule has 1 unspecified atom stereocenters. The highest BCUT2D eigenvalue weighted by Gasteiger charge is 2.29. The first-order chi connectivity index (χ1) is 18.1. The van der Waals surface area contributed by atoms with Crippen LogP contribution in [-0.2, 0) is 16.0 Å². The predicted molar refractivity (Wildman–Crippen MR) is 148 cm³/mol. The monoisotopic (exact) mass is 494 g/mol. The molecular formula is C32H34N2O3. The number of nitrogens with one attached hydrogen (secondary N) is 1. The number of hydrogen-bond acceptors (Lipinski definition) is 4. The molecule has 1 atom stereocenters. The molecule has 1 amide bonds. The van der Waals surface area contributed by atoms with Crippen molar-refractivity contribution in [3.8, 4) is 0 Å². The second kappa shape index (κ2) is 11.5. The van der Waals surface area contributed by atoms with E-state index in [1.54, 1.807) is 0 Å². The maximum absolute atomic E-state index is 13.5. The van der Waals surface area contributed by atoms with Crippen molar-refractivity contribution in [2.24, 2.45) is 5.92 Å². The fourth-order valence-corrected chi connectivity index (χ4v) is 5.47. The van der Waals surface area contributed by atoms with E-state index < -0.39 is 5.97 Å². The molecule has 0 fully saturated rings. The number of carbonyl (C=O) groups is 2. The average molecular weight is 495 g/mol. The quantitative estimate of drug-likeness (QED) is 0.300. The maximum atomic E-state index is 13.5. The Morgan fingerprint density at radius 1 is 1.05 bits per heavy atom. The molecule has 0 spiro atoms. The first-order valence-electron chi connectivity index (χ1n) is 13.4. The zero-order valence-corrected chi connectivity index (χ0v) is 21.5. The molecule has 2 aliphatic carbocycles. The molecule has 0 saturated heterocycles. The average Bonchev–Trinajstić information content (AvgIpc) is 2.92. The molecule has 5 nitrogen and oxygen atoms in total. The molecule has 37 heavy (non-hydrogen) atoms. The topological polar surface area (TPSA) is 68.3 Å². The third-order valence-electron chi connectivity index (χ3n) is 7.25. The van der Waals surface area contributed by atoms with Crippen molar-refractivity contribution < 1.29 is 14.3 Å². The van der Waals surface area contributed by atoms with Gasteiger partial charge < -0.3 is 10.1 Å². The van der Waals surface area contributed by atoms with Crippen molar-refractivity contribution in [3.05, 3.63) is 88.6 Å². The Labute approximate surface area is 218 Å². The van der Waals surface area contributed by atoms with Gasteiger partial charge in [-0.15, -0.1) is 0 Å². The Hall–Kier alpha value is -3.73. The lowest BCUT2D eigenvalue weighted by atomic mass is 9.80. The number of benzene rings is 2. The van der Waals surface area contributed by atoms with Crippen molar-refractivity contribution in [2.75, 3.05) is 13.2 Å². The largest absolute Gasteiger partial charge is 0.452 e. The normalized spacial score (nSPS) is 18.2. The predicted octanol–water partition coefficient (Wildman–Crippen LogP) is 6.52. The lowest BCUT2D eigenvalue weighted by Crippen LogP contribution is -2.30. The van der Waals surface area contributed by atoms with E-state index >= 15 is 0 Å². The van der Waals surface area contributed by atoms with Gasteiger partial charge in [-0.2, -0.15) is 0 Å². The maximum Gasteiger partial charge on any atom is 0.339 e. The highest BCUT2D eigenvalue weighted by Crippen LogP contribution is 2.38. The van der Waals surface area contributed by atoms with Crippen LogP contribution in [0.4, 0.5) is 0 Å². The number of allylic oxidation sites excluding steroid dienone is 2. The second-order valence-corrected chi connectivity index (χ2v) is 10.2. The van der Waals surface area contributed by atoms with E-state index in [1.165, 1.54) is 18.4 Å². The van der Waals surface area contributed by atoms with Crippen LogP contribution in [0.2, 0.25) is 0 Å². The summed E-state index contributed by atoms with van der Waals surface area (Å²) in [4.78, 5) is 30.9. The Bertz CT molecular complexity index is 1360. The minimum absolute atomic E-state index is 0.269. The SMILES string of the molecule is CC1CC(=Cc2ccccc2)c2nc3ccccc3c(C(=O)OCC(=O)NCCC3=CCCCC3)c2C1. The van der Waals surface area contributed by atoms with Crippen LogP contribution < -0.4 is 5.32 Å². The molecule has 1 aromatic heterocycles. The van der Waals surface area contributed by atoms with Crippen LogP contribution in [0.25, 0.3) is 22.6 Å². The van der Waals surface area contributed by atoms with Gasteiger partial charge in [0.25, 0.3) is 5.91 Å². The summed E-state index contributed by atoms with van der Waals surface area (Å²) in [5.74, 6) is -0.377. The third kappa shape index (κ3) is 5.99. The summed E-state index contributed by atoms with van der Waals surface area (Å²) in [5, 5.41) is 3.67. The molecule has 0 bridgehead atoms. The smallest absolute Gasteiger partial charge is 0.339 e. The lowest BCUT2D eigenvalue weighted by Gasteiger charge is -2.26. The molecule has 1 N–H and O–H groups in total. The van der Waals surface area contributed by atoms with E-state index in [0.717, 1.165) is 65.4 Å². The summed E-state index contributed by atoms with van der Waals surface area (Å²) in [6.07, 6.45) is 11.7. The zero-order valence-electron chi connectivity index (χ0n) is 21.5.